The van der Waals surface area contributed by atoms with Crippen molar-refractivity contribution in [3.63, 3.8) is 0 Å². The molecule has 0 fully saturated rings. The zero-order chi connectivity index (χ0) is 18.0. The third-order valence-electron chi connectivity index (χ3n) is 4.31. The number of nitrogens with zero attached hydrogens (tertiary/aromatic N) is 1. The normalized spacial score (nSPS) is 11.0. The number of anilines is 1. The summed E-state index contributed by atoms with van der Waals surface area (Å²) in [4.78, 5) is 24.4. The molecule has 2 aromatic carbocycles. The number of hydrogen-bond donors (Lipinski definition) is 1. The van der Waals surface area contributed by atoms with E-state index in [9.17, 15) is 9.59 Å². The summed E-state index contributed by atoms with van der Waals surface area (Å²) < 4.78 is 1.80. The third kappa shape index (κ3) is 3.79. The van der Waals surface area contributed by atoms with E-state index in [1.165, 1.54) is 11.6 Å². The Labute approximate surface area is 147 Å². The highest BCUT2D eigenvalue weighted by Gasteiger charge is 2.08. The van der Waals surface area contributed by atoms with E-state index < -0.39 is 0 Å². The van der Waals surface area contributed by atoms with Crippen molar-refractivity contribution in [3.05, 3.63) is 76.1 Å². The zero-order valence-corrected chi connectivity index (χ0v) is 14.7. The van der Waals surface area contributed by atoms with Crippen molar-refractivity contribution in [2.75, 3.05) is 5.32 Å². The Morgan fingerprint density at radius 1 is 1.08 bits per heavy atom. The molecule has 0 aliphatic heterocycles. The second kappa shape index (κ2) is 6.93. The summed E-state index contributed by atoms with van der Waals surface area (Å²) >= 11 is 0. The summed E-state index contributed by atoms with van der Waals surface area (Å²) in [5, 5.41) is 3.55. The van der Waals surface area contributed by atoms with E-state index in [2.05, 4.69) is 19.2 Å². The van der Waals surface area contributed by atoms with E-state index in [0.29, 0.717) is 11.3 Å². The molecular weight excluding hydrogens is 312 g/mol. The lowest BCUT2D eigenvalue weighted by molar-refractivity contribution is -0.116. The quantitative estimate of drug-likeness (QED) is 0.782. The molecule has 1 aromatic heterocycles. The van der Waals surface area contributed by atoms with Gasteiger partial charge in [-0.3, -0.25) is 9.59 Å². The molecule has 0 unspecified atom stereocenters. The van der Waals surface area contributed by atoms with Gasteiger partial charge in [0.1, 0.15) is 6.54 Å². The molecule has 1 N–H and O–H groups in total. The summed E-state index contributed by atoms with van der Waals surface area (Å²) in [7, 11) is 0. The van der Waals surface area contributed by atoms with Crippen LogP contribution in [0.5, 0.6) is 0 Å². The summed E-state index contributed by atoms with van der Waals surface area (Å²) in [6.45, 7) is 6.38. The molecule has 4 heteroatoms. The van der Waals surface area contributed by atoms with Crippen molar-refractivity contribution in [3.8, 4) is 0 Å². The fourth-order valence-corrected chi connectivity index (χ4v) is 2.87. The molecule has 0 spiro atoms. The smallest absolute Gasteiger partial charge is 0.244 e. The molecule has 4 nitrogen and oxygen atoms in total. The van der Waals surface area contributed by atoms with Crippen LogP contribution in [-0.4, -0.2) is 10.5 Å². The lowest BCUT2D eigenvalue weighted by Crippen LogP contribution is -2.20. The summed E-state index contributed by atoms with van der Waals surface area (Å²) in [6, 6.07) is 15.1. The van der Waals surface area contributed by atoms with E-state index in [0.717, 1.165) is 16.8 Å². The number of carbonyl (C=O) groups excluding carboxylic acids is 1. The number of amides is 1. The maximum Gasteiger partial charge on any atom is 0.244 e. The van der Waals surface area contributed by atoms with Crippen molar-refractivity contribution >= 4 is 22.5 Å². The van der Waals surface area contributed by atoms with Crippen LogP contribution in [0.4, 0.5) is 5.69 Å². The predicted molar refractivity (Wildman–Crippen MR) is 102 cm³/mol. The average molecular weight is 334 g/mol. The minimum Gasteiger partial charge on any atom is -0.338 e. The fourth-order valence-electron chi connectivity index (χ4n) is 2.87. The van der Waals surface area contributed by atoms with E-state index >= 15 is 0 Å². The van der Waals surface area contributed by atoms with Gasteiger partial charge >= 0.3 is 0 Å². The van der Waals surface area contributed by atoms with E-state index in [1.54, 1.807) is 10.8 Å². The van der Waals surface area contributed by atoms with Gasteiger partial charge in [-0.15, -0.1) is 0 Å². The largest absolute Gasteiger partial charge is 0.338 e. The summed E-state index contributed by atoms with van der Waals surface area (Å²) in [6.07, 6.45) is 1.67. The third-order valence-corrected chi connectivity index (χ3v) is 4.31. The molecule has 0 radical (unpaired) electrons. The molecule has 1 amide bonds. The number of carbonyl (C=O) groups is 1. The Bertz CT molecular complexity index is 969. The highest BCUT2D eigenvalue weighted by molar-refractivity contribution is 5.91. The molecule has 25 heavy (non-hydrogen) atoms. The van der Waals surface area contributed by atoms with Crippen LogP contribution >= 0.6 is 0 Å². The molecule has 0 bridgehead atoms. The first kappa shape index (κ1) is 17.0. The van der Waals surface area contributed by atoms with Crippen LogP contribution in [-0.2, 0) is 11.3 Å². The number of fused-ring (bicyclic) bond motifs is 1. The van der Waals surface area contributed by atoms with Gasteiger partial charge in [-0.25, -0.2) is 0 Å². The van der Waals surface area contributed by atoms with Crippen LogP contribution in [0.2, 0.25) is 0 Å². The van der Waals surface area contributed by atoms with Crippen LogP contribution in [0.3, 0.4) is 0 Å². The topological polar surface area (TPSA) is 51.1 Å². The standard InChI is InChI=1S/C21H22N2O2/c1-14(2)16-5-7-17(8-6-16)22-21(25)13-23-11-10-20(24)18-12-15(3)4-9-19(18)23/h4-12,14H,13H2,1-3H3,(H,22,25). The molecule has 128 valence electrons. The predicted octanol–water partition coefficient (Wildman–Crippen LogP) is 4.07. The van der Waals surface area contributed by atoms with E-state index in [1.807, 2.05) is 49.4 Å². The first-order valence-corrected chi connectivity index (χ1v) is 8.43. The van der Waals surface area contributed by atoms with Crippen molar-refractivity contribution in [1.29, 1.82) is 0 Å². The molecule has 0 aliphatic rings. The number of aromatic nitrogens is 1. The molecule has 0 saturated carbocycles. The van der Waals surface area contributed by atoms with Crippen LogP contribution in [0, 0.1) is 6.92 Å². The SMILES string of the molecule is Cc1ccc2c(c1)c(=O)ccn2CC(=O)Nc1ccc(C(C)C)cc1. The Morgan fingerprint density at radius 2 is 1.80 bits per heavy atom. The molecule has 3 aromatic rings. The minimum atomic E-state index is -0.122. The molecule has 0 aliphatic carbocycles. The Morgan fingerprint density at radius 3 is 2.48 bits per heavy atom. The van der Waals surface area contributed by atoms with Crippen LogP contribution in [0.1, 0.15) is 30.9 Å². The van der Waals surface area contributed by atoms with Crippen molar-refractivity contribution in [2.45, 2.75) is 33.2 Å². The number of benzene rings is 2. The van der Waals surface area contributed by atoms with Crippen LogP contribution in [0.25, 0.3) is 10.9 Å². The second-order valence-electron chi connectivity index (χ2n) is 6.65. The highest BCUT2D eigenvalue weighted by atomic mass is 16.2. The fraction of sp³-hybridized carbons (Fsp3) is 0.238. The molecule has 0 atom stereocenters. The van der Waals surface area contributed by atoms with E-state index in [4.69, 9.17) is 0 Å². The van der Waals surface area contributed by atoms with Crippen molar-refractivity contribution < 1.29 is 4.79 Å². The van der Waals surface area contributed by atoms with Crippen molar-refractivity contribution in [2.24, 2.45) is 0 Å². The lowest BCUT2D eigenvalue weighted by atomic mass is 10.0. The van der Waals surface area contributed by atoms with Crippen molar-refractivity contribution in [1.82, 2.24) is 4.57 Å². The van der Waals surface area contributed by atoms with Gasteiger partial charge in [0, 0.05) is 23.3 Å². The molecule has 3 rings (SSSR count). The first-order valence-electron chi connectivity index (χ1n) is 8.43. The number of aryl methyl sites for hydroxylation is 1. The summed E-state index contributed by atoms with van der Waals surface area (Å²) in [5.41, 5.74) is 3.77. The zero-order valence-electron chi connectivity index (χ0n) is 14.7. The Kier molecular flexibility index (Phi) is 4.70. The number of rotatable bonds is 4. The van der Waals surface area contributed by atoms with Gasteiger partial charge in [-0.05, 0) is 42.7 Å². The molecule has 0 saturated heterocycles. The maximum atomic E-state index is 12.4. The van der Waals surface area contributed by atoms with Gasteiger partial charge < -0.3 is 9.88 Å². The highest BCUT2D eigenvalue weighted by Crippen LogP contribution is 2.17. The lowest BCUT2D eigenvalue weighted by Gasteiger charge is -2.12. The molecular formula is C21H22N2O2. The van der Waals surface area contributed by atoms with Crippen LogP contribution < -0.4 is 10.7 Å². The average Bonchev–Trinajstić information content (AvgIpc) is 2.58. The monoisotopic (exact) mass is 334 g/mol. The molecule has 1 heterocycles. The second-order valence-corrected chi connectivity index (χ2v) is 6.65. The van der Waals surface area contributed by atoms with E-state index in [-0.39, 0.29) is 17.9 Å². The Hall–Kier alpha value is -2.88. The van der Waals surface area contributed by atoms with Gasteiger partial charge in [0.05, 0.1) is 5.52 Å². The Balaban J connectivity index is 1.80. The van der Waals surface area contributed by atoms with Gasteiger partial charge in [0.15, 0.2) is 5.43 Å². The van der Waals surface area contributed by atoms with Gasteiger partial charge in [0.25, 0.3) is 0 Å². The van der Waals surface area contributed by atoms with Crippen LogP contribution in [0.15, 0.2) is 59.5 Å². The number of hydrogen-bond acceptors (Lipinski definition) is 2. The number of nitrogens with one attached hydrogen (secondary N) is 1. The van der Waals surface area contributed by atoms with Gasteiger partial charge in [-0.1, -0.05) is 37.6 Å². The minimum absolute atomic E-state index is 0.0281. The maximum absolute atomic E-state index is 12.4. The van der Waals surface area contributed by atoms with Gasteiger partial charge in [-0.2, -0.15) is 0 Å². The number of pyridine rings is 1. The first-order chi connectivity index (χ1) is 11.9. The summed E-state index contributed by atoms with van der Waals surface area (Å²) in [5.74, 6) is 0.337. The van der Waals surface area contributed by atoms with Gasteiger partial charge in [0.2, 0.25) is 5.91 Å².